The molecule has 45 heavy (non-hydrogen) atoms. The van der Waals surface area contributed by atoms with Crippen LogP contribution < -0.4 is 0 Å². The molecule has 0 bridgehead atoms. The number of hydrogen-bond donors (Lipinski definition) is 6. The van der Waals surface area contributed by atoms with Crippen molar-refractivity contribution in [2.24, 2.45) is 50.2 Å². The zero-order chi connectivity index (χ0) is 33.1. The number of allylic oxidation sites excluding steroid dienone is 2. The Labute approximate surface area is 268 Å². The Morgan fingerprint density at radius 2 is 1.53 bits per heavy atom. The van der Waals surface area contributed by atoms with E-state index >= 15 is 0 Å². The molecule has 5 fully saturated rings. The van der Waals surface area contributed by atoms with E-state index in [0.29, 0.717) is 37.5 Å². The first-order valence-electron chi connectivity index (χ1n) is 17.4. The Morgan fingerprint density at radius 3 is 2.20 bits per heavy atom. The molecule has 0 amide bonds. The van der Waals surface area contributed by atoms with Gasteiger partial charge in [-0.1, -0.05) is 60.1 Å². The molecule has 0 aromatic heterocycles. The Hall–Kier alpha value is -1.07. The lowest BCUT2D eigenvalue weighted by Gasteiger charge is -2.71. The smallest absolute Gasteiger partial charge is 0.317 e. The molecule has 0 radical (unpaired) electrons. The summed E-state index contributed by atoms with van der Waals surface area (Å²) in [6.07, 6.45) is 0.341. The Kier molecular flexibility index (Phi) is 8.05. The van der Waals surface area contributed by atoms with Crippen LogP contribution in [0, 0.1) is 50.2 Å². The molecule has 1 aliphatic heterocycles. The predicted octanol–water partition coefficient (Wildman–Crippen LogP) is 3.46. The van der Waals surface area contributed by atoms with Gasteiger partial charge in [0.25, 0.3) is 0 Å². The fraction of sp³-hybridized carbons (Fsp3) is 0.917. The molecule has 9 heteroatoms. The highest BCUT2D eigenvalue weighted by atomic mass is 16.7. The molecule has 9 nitrogen and oxygen atoms in total. The fourth-order valence-corrected chi connectivity index (χ4v) is 12.1. The highest BCUT2D eigenvalue weighted by Gasteiger charge is 2.71. The third kappa shape index (κ3) is 4.54. The van der Waals surface area contributed by atoms with Gasteiger partial charge >= 0.3 is 5.97 Å². The van der Waals surface area contributed by atoms with E-state index in [9.17, 15) is 35.4 Å². The van der Waals surface area contributed by atoms with E-state index in [1.807, 2.05) is 0 Å². The molecule has 0 spiro atoms. The molecule has 0 aromatic carbocycles. The van der Waals surface area contributed by atoms with Gasteiger partial charge in [-0.25, -0.2) is 0 Å². The van der Waals surface area contributed by atoms with E-state index in [1.165, 1.54) is 5.57 Å². The number of aliphatic hydroxyl groups excluding tert-OH is 6. The van der Waals surface area contributed by atoms with E-state index in [2.05, 4.69) is 54.5 Å². The quantitative estimate of drug-likeness (QED) is 0.202. The minimum Gasteiger partial charge on any atom is -0.432 e. The second kappa shape index (κ2) is 10.7. The first-order valence-corrected chi connectivity index (χ1v) is 17.4. The van der Waals surface area contributed by atoms with Gasteiger partial charge in [0.2, 0.25) is 6.29 Å². The Balaban J connectivity index is 1.38. The van der Waals surface area contributed by atoms with Crippen LogP contribution in [-0.2, 0) is 14.3 Å². The molecule has 0 unspecified atom stereocenters. The monoisotopic (exact) mass is 634 g/mol. The SMILES string of the molecule is CC1(C)CC[C@@]2(C(=O)O[C@@H]3O[C@H](CO)[C@@H](O)[C@H](O)[C@H]3O)[C@H](O)C[C@]3(C)C(=CC[C@@H]4[C@]5(C)CC[C@H](O)C(C)(C)[C@H]5CC[C@@]43C)[C@H]2C1. The second-order valence-corrected chi connectivity index (χ2v) is 18.0. The van der Waals surface area contributed by atoms with Gasteiger partial charge in [-0.15, -0.1) is 0 Å². The number of carbonyl (C=O) groups excluding carboxylic acids is 1. The van der Waals surface area contributed by atoms with Crippen molar-refractivity contribution in [3.63, 3.8) is 0 Å². The molecule has 1 saturated heterocycles. The molecule has 6 rings (SSSR count). The molecule has 6 N–H and O–H groups in total. The topological polar surface area (TPSA) is 157 Å². The molecular formula is C36H58O9. The van der Waals surface area contributed by atoms with Crippen molar-refractivity contribution in [1.82, 2.24) is 0 Å². The molecule has 14 atom stereocenters. The van der Waals surface area contributed by atoms with Gasteiger partial charge in [-0.2, -0.15) is 0 Å². The van der Waals surface area contributed by atoms with Gasteiger partial charge < -0.3 is 40.1 Å². The van der Waals surface area contributed by atoms with Crippen LogP contribution in [0.2, 0.25) is 0 Å². The summed E-state index contributed by atoms with van der Waals surface area (Å²) in [5.41, 5.74) is -0.661. The first kappa shape index (κ1) is 33.8. The zero-order valence-electron chi connectivity index (χ0n) is 28.3. The Bertz CT molecular complexity index is 1210. The number of esters is 1. The lowest BCUT2D eigenvalue weighted by Crippen LogP contribution is -2.68. The van der Waals surface area contributed by atoms with Crippen molar-refractivity contribution in [3.8, 4) is 0 Å². The number of rotatable bonds is 3. The maximum Gasteiger partial charge on any atom is 0.317 e. The van der Waals surface area contributed by atoms with E-state index in [4.69, 9.17) is 9.47 Å². The highest BCUT2D eigenvalue weighted by molar-refractivity contribution is 5.80. The normalized spacial score (nSPS) is 53.6. The number of ether oxygens (including phenoxy) is 2. The van der Waals surface area contributed by atoms with Gasteiger partial charge in [0.1, 0.15) is 29.8 Å². The van der Waals surface area contributed by atoms with Gasteiger partial charge in [0.15, 0.2) is 0 Å². The van der Waals surface area contributed by atoms with Crippen LogP contribution in [0.1, 0.15) is 106 Å². The van der Waals surface area contributed by atoms with E-state index in [1.54, 1.807) is 0 Å². The van der Waals surface area contributed by atoms with Gasteiger partial charge in [0.05, 0.1) is 18.8 Å². The largest absolute Gasteiger partial charge is 0.432 e. The summed E-state index contributed by atoms with van der Waals surface area (Å²) >= 11 is 0. The standard InChI is InChI=1S/C36H58O9/c1-31(2)14-15-36(30(43)45-29-28(42)27(41)26(40)21(18-37)44-29)20(16-31)19-8-9-23-33(5)12-11-24(38)32(3,4)22(33)10-13-34(23,6)35(19,7)17-25(36)39/h8,20-29,37-42H,9-18H2,1-7H3/t20-,21-,22-,23-,24+,25-,26-,27+,28-,29+,33-,34+,35-,36+/m1/s1. The maximum atomic E-state index is 14.4. The Morgan fingerprint density at radius 1 is 0.844 bits per heavy atom. The van der Waals surface area contributed by atoms with Crippen molar-refractivity contribution in [1.29, 1.82) is 0 Å². The van der Waals surface area contributed by atoms with E-state index < -0.39 is 54.8 Å². The molecule has 6 aliphatic rings. The third-order valence-corrected chi connectivity index (χ3v) is 15.1. The summed E-state index contributed by atoms with van der Waals surface area (Å²) < 4.78 is 11.4. The second-order valence-electron chi connectivity index (χ2n) is 18.0. The lowest BCUT2D eigenvalue weighted by molar-refractivity contribution is -0.299. The predicted molar refractivity (Wildman–Crippen MR) is 166 cm³/mol. The van der Waals surface area contributed by atoms with Crippen LogP contribution in [0.25, 0.3) is 0 Å². The number of hydrogen-bond acceptors (Lipinski definition) is 9. The molecule has 1 heterocycles. The van der Waals surface area contributed by atoms with Crippen molar-refractivity contribution < 1.29 is 44.9 Å². The van der Waals surface area contributed by atoms with Gasteiger partial charge in [-0.3, -0.25) is 4.79 Å². The molecule has 4 saturated carbocycles. The van der Waals surface area contributed by atoms with Crippen LogP contribution in [0.3, 0.4) is 0 Å². The third-order valence-electron chi connectivity index (χ3n) is 15.1. The number of aliphatic hydroxyl groups is 6. The van der Waals surface area contributed by atoms with Crippen molar-refractivity contribution in [2.45, 2.75) is 149 Å². The summed E-state index contributed by atoms with van der Waals surface area (Å²) in [5.74, 6) is -0.157. The summed E-state index contributed by atoms with van der Waals surface area (Å²) in [5, 5.41) is 64.3. The number of carbonyl (C=O) groups is 1. The van der Waals surface area contributed by atoms with Crippen LogP contribution in [0.5, 0.6) is 0 Å². The minimum atomic E-state index is -1.70. The van der Waals surface area contributed by atoms with Crippen molar-refractivity contribution >= 4 is 5.97 Å². The highest BCUT2D eigenvalue weighted by Crippen LogP contribution is 2.75. The van der Waals surface area contributed by atoms with E-state index in [0.717, 1.165) is 32.1 Å². The minimum absolute atomic E-state index is 0.0497. The molecular weight excluding hydrogens is 576 g/mol. The summed E-state index contributed by atoms with van der Waals surface area (Å²) in [6.45, 7) is 15.5. The zero-order valence-corrected chi connectivity index (χ0v) is 28.3. The van der Waals surface area contributed by atoms with Gasteiger partial charge in [0, 0.05) is 0 Å². The summed E-state index contributed by atoms with van der Waals surface area (Å²) in [7, 11) is 0. The first-order chi connectivity index (χ1) is 20.8. The van der Waals surface area contributed by atoms with Crippen LogP contribution in [-0.4, -0.2) is 86.1 Å². The van der Waals surface area contributed by atoms with Crippen LogP contribution in [0.4, 0.5) is 0 Å². The molecule has 5 aliphatic carbocycles. The summed E-state index contributed by atoms with van der Waals surface area (Å²) in [6, 6.07) is 0. The van der Waals surface area contributed by atoms with E-state index in [-0.39, 0.29) is 39.1 Å². The maximum absolute atomic E-state index is 14.4. The van der Waals surface area contributed by atoms with Crippen LogP contribution in [0.15, 0.2) is 11.6 Å². The van der Waals surface area contributed by atoms with Crippen molar-refractivity contribution in [2.75, 3.05) is 6.61 Å². The lowest BCUT2D eigenvalue weighted by atomic mass is 9.33. The molecule has 256 valence electrons. The van der Waals surface area contributed by atoms with Crippen LogP contribution >= 0.6 is 0 Å². The van der Waals surface area contributed by atoms with Crippen molar-refractivity contribution in [3.05, 3.63) is 11.6 Å². The molecule has 0 aromatic rings. The number of fused-ring (bicyclic) bond motifs is 7. The van der Waals surface area contributed by atoms with Gasteiger partial charge in [-0.05, 0) is 103 Å². The fourth-order valence-electron chi connectivity index (χ4n) is 12.1. The summed E-state index contributed by atoms with van der Waals surface area (Å²) in [4.78, 5) is 14.4. The average Bonchev–Trinajstić information content (AvgIpc) is 2.95. The average molecular weight is 635 g/mol.